The lowest BCUT2D eigenvalue weighted by molar-refractivity contribution is -0.116. The van der Waals surface area contributed by atoms with Crippen molar-refractivity contribution < 1.29 is 9.59 Å². The Balaban J connectivity index is 2.00. The van der Waals surface area contributed by atoms with E-state index in [0.29, 0.717) is 29.1 Å². The fraction of sp³-hybridized carbons (Fsp3) is 0.176. The highest BCUT2D eigenvalue weighted by atomic mass is 79.9. The average molecular weight is 396 g/mol. The molecule has 0 saturated heterocycles. The minimum atomic E-state index is -0.292. The van der Waals surface area contributed by atoms with Crippen LogP contribution in [0.3, 0.4) is 0 Å². The SMILES string of the molecule is CNC(=O)c1cc(NC(=O)CCc2ccccc2Br)ccc1Cl. The van der Waals surface area contributed by atoms with Crippen LogP contribution in [0.2, 0.25) is 5.02 Å². The van der Waals surface area contributed by atoms with Gasteiger partial charge in [-0.15, -0.1) is 0 Å². The number of carbonyl (C=O) groups is 2. The van der Waals surface area contributed by atoms with Gasteiger partial charge in [-0.05, 0) is 36.2 Å². The Labute approximate surface area is 148 Å². The summed E-state index contributed by atoms with van der Waals surface area (Å²) in [4.78, 5) is 23.8. The van der Waals surface area contributed by atoms with Crippen molar-refractivity contribution in [3.8, 4) is 0 Å². The lowest BCUT2D eigenvalue weighted by atomic mass is 10.1. The number of amides is 2. The third-order valence-corrected chi connectivity index (χ3v) is 4.40. The largest absolute Gasteiger partial charge is 0.355 e. The smallest absolute Gasteiger partial charge is 0.252 e. The van der Waals surface area contributed by atoms with Crippen molar-refractivity contribution in [3.63, 3.8) is 0 Å². The Morgan fingerprint density at radius 1 is 1.17 bits per heavy atom. The molecule has 0 atom stereocenters. The van der Waals surface area contributed by atoms with Gasteiger partial charge in [-0.25, -0.2) is 0 Å². The maximum absolute atomic E-state index is 12.1. The number of aryl methyl sites for hydroxylation is 1. The molecule has 0 aliphatic rings. The van der Waals surface area contributed by atoms with Crippen molar-refractivity contribution >= 4 is 45.0 Å². The maximum atomic E-state index is 12.1. The van der Waals surface area contributed by atoms with Crippen LogP contribution in [0.25, 0.3) is 0 Å². The highest BCUT2D eigenvalue weighted by Gasteiger charge is 2.11. The Kier molecular flexibility index (Phi) is 6.19. The van der Waals surface area contributed by atoms with Crippen molar-refractivity contribution in [1.29, 1.82) is 0 Å². The molecule has 6 heteroatoms. The molecule has 2 N–H and O–H groups in total. The van der Waals surface area contributed by atoms with Crippen molar-refractivity contribution in [2.45, 2.75) is 12.8 Å². The normalized spacial score (nSPS) is 10.2. The molecular weight excluding hydrogens is 380 g/mol. The van der Waals surface area contributed by atoms with Gasteiger partial charge >= 0.3 is 0 Å². The van der Waals surface area contributed by atoms with E-state index < -0.39 is 0 Å². The number of rotatable bonds is 5. The zero-order chi connectivity index (χ0) is 16.8. The van der Waals surface area contributed by atoms with Gasteiger partial charge in [0.1, 0.15) is 0 Å². The van der Waals surface area contributed by atoms with Gasteiger partial charge in [-0.2, -0.15) is 0 Å². The lowest BCUT2D eigenvalue weighted by Crippen LogP contribution is -2.19. The predicted molar refractivity (Wildman–Crippen MR) is 95.9 cm³/mol. The van der Waals surface area contributed by atoms with E-state index in [4.69, 9.17) is 11.6 Å². The van der Waals surface area contributed by atoms with E-state index in [9.17, 15) is 9.59 Å². The van der Waals surface area contributed by atoms with Gasteiger partial charge in [-0.1, -0.05) is 45.7 Å². The quantitative estimate of drug-likeness (QED) is 0.803. The number of hydrogen-bond donors (Lipinski definition) is 2. The zero-order valence-corrected chi connectivity index (χ0v) is 14.9. The van der Waals surface area contributed by atoms with Gasteiger partial charge in [0.05, 0.1) is 10.6 Å². The van der Waals surface area contributed by atoms with E-state index in [1.807, 2.05) is 24.3 Å². The summed E-state index contributed by atoms with van der Waals surface area (Å²) in [6.07, 6.45) is 0.976. The van der Waals surface area contributed by atoms with Crippen molar-refractivity contribution in [2.24, 2.45) is 0 Å². The molecule has 4 nitrogen and oxygen atoms in total. The van der Waals surface area contributed by atoms with Crippen molar-refractivity contribution in [2.75, 3.05) is 12.4 Å². The van der Waals surface area contributed by atoms with Crippen molar-refractivity contribution in [1.82, 2.24) is 5.32 Å². The highest BCUT2D eigenvalue weighted by Crippen LogP contribution is 2.21. The Morgan fingerprint density at radius 2 is 1.91 bits per heavy atom. The number of nitrogens with one attached hydrogen (secondary N) is 2. The lowest BCUT2D eigenvalue weighted by Gasteiger charge is -2.09. The van der Waals surface area contributed by atoms with Crippen LogP contribution in [0.15, 0.2) is 46.9 Å². The summed E-state index contributed by atoms with van der Waals surface area (Å²) in [5, 5.41) is 5.64. The van der Waals surface area contributed by atoms with Crippen LogP contribution in [-0.2, 0) is 11.2 Å². The van der Waals surface area contributed by atoms with Gasteiger partial charge in [-0.3, -0.25) is 9.59 Å². The Morgan fingerprint density at radius 3 is 2.61 bits per heavy atom. The van der Waals surface area contributed by atoms with E-state index in [1.54, 1.807) is 18.2 Å². The van der Waals surface area contributed by atoms with Gasteiger partial charge in [0.25, 0.3) is 5.91 Å². The van der Waals surface area contributed by atoms with Crippen molar-refractivity contribution in [3.05, 3.63) is 63.1 Å². The van der Waals surface area contributed by atoms with E-state index in [-0.39, 0.29) is 11.8 Å². The molecule has 2 rings (SSSR count). The molecule has 0 aliphatic carbocycles. The second-order valence-corrected chi connectivity index (χ2v) is 6.17. The van der Waals surface area contributed by atoms with Gasteiger partial charge in [0.15, 0.2) is 0 Å². The maximum Gasteiger partial charge on any atom is 0.252 e. The van der Waals surface area contributed by atoms with E-state index in [0.717, 1.165) is 10.0 Å². The Bertz CT molecular complexity index is 734. The molecule has 0 unspecified atom stereocenters. The summed E-state index contributed by atoms with van der Waals surface area (Å²) in [6.45, 7) is 0. The molecule has 0 spiro atoms. The third-order valence-electron chi connectivity index (χ3n) is 3.30. The number of benzene rings is 2. The number of carbonyl (C=O) groups excluding carboxylic acids is 2. The van der Waals surface area contributed by atoms with E-state index in [1.165, 1.54) is 7.05 Å². The fourth-order valence-electron chi connectivity index (χ4n) is 2.08. The molecule has 0 saturated carbocycles. The average Bonchev–Trinajstić information content (AvgIpc) is 2.55. The van der Waals surface area contributed by atoms with Gasteiger partial charge in [0.2, 0.25) is 5.91 Å². The van der Waals surface area contributed by atoms with Gasteiger partial charge in [0, 0.05) is 23.6 Å². The van der Waals surface area contributed by atoms with Crippen LogP contribution in [0.1, 0.15) is 22.3 Å². The minimum absolute atomic E-state index is 0.120. The Hall–Kier alpha value is -1.85. The molecule has 0 aliphatic heterocycles. The number of halogens is 2. The molecule has 23 heavy (non-hydrogen) atoms. The molecule has 2 aromatic carbocycles. The predicted octanol–water partition coefficient (Wildman–Crippen LogP) is 4.03. The monoisotopic (exact) mass is 394 g/mol. The first-order chi connectivity index (χ1) is 11.0. The molecule has 2 aromatic rings. The standard InChI is InChI=1S/C17H16BrClN2O2/c1-20-17(23)13-10-12(7-8-15(13)19)21-16(22)9-6-11-4-2-3-5-14(11)18/h2-5,7-8,10H,6,9H2,1H3,(H,20,23)(H,21,22). The number of hydrogen-bond acceptors (Lipinski definition) is 2. The van der Waals surface area contributed by atoms with Crippen LogP contribution >= 0.6 is 27.5 Å². The van der Waals surface area contributed by atoms with Crippen LogP contribution in [-0.4, -0.2) is 18.9 Å². The number of anilines is 1. The molecule has 0 heterocycles. The summed E-state index contributed by atoms with van der Waals surface area (Å²) in [5.41, 5.74) is 1.95. The third kappa shape index (κ3) is 4.81. The second-order valence-electron chi connectivity index (χ2n) is 4.91. The topological polar surface area (TPSA) is 58.2 Å². The summed E-state index contributed by atoms with van der Waals surface area (Å²) >= 11 is 9.45. The fourth-order valence-corrected chi connectivity index (χ4v) is 2.77. The summed E-state index contributed by atoms with van der Waals surface area (Å²) < 4.78 is 0.987. The van der Waals surface area contributed by atoms with Crippen LogP contribution in [0.4, 0.5) is 5.69 Å². The first kappa shape index (κ1) is 17.5. The molecular formula is C17H16BrClN2O2. The van der Waals surface area contributed by atoms with E-state index >= 15 is 0 Å². The second kappa shape index (κ2) is 8.13. The first-order valence-electron chi connectivity index (χ1n) is 7.06. The minimum Gasteiger partial charge on any atom is -0.355 e. The highest BCUT2D eigenvalue weighted by molar-refractivity contribution is 9.10. The summed E-state index contributed by atoms with van der Waals surface area (Å²) in [6, 6.07) is 12.6. The van der Waals surface area contributed by atoms with E-state index in [2.05, 4.69) is 26.6 Å². The van der Waals surface area contributed by atoms with Gasteiger partial charge < -0.3 is 10.6 Å². The first-order valence-corrected chi connectivity index (χ1v) is 8.23. The van der Waals surface area contributed by atoms with Crippen LogP contribution < -0.4 is 10.6 Å². The molecule has 120 valence electrons. The molecule has 0 fully saturated rings. The summed E-state index contributed by atoms with van der Waals surface area (Å²) in [7, 11) is 1.53. The van der Waals surface area contributed by atoms with Crippen LogP contribution in [0.5, 0.6) is 0 Å². The molecule has 0 bridgehead atoms. The molecule has 0 aromatic heterocycles. The summed E-state index contributed by atoms with van der Waals surface area (Å²) in [5.74, 6) is -0.412. The molecule has 2 amide bonds. The molecule has 0 radical (unpaired) electrons. The van der Waals surface area contributed by atoms with Crippen LogP contribution in [0, 0.1) is 0 Å². The zero-order valence-electron chi connectivity index (χ0n) is 12.5.